The summed E-state index contributed by atoms with van der Waals surface area (Å²) in [6, 6.07) is 15.0. The average molecular weight is 367 g/mol. The molecule has 0 saturated carbocycles. The Bertz CT molecular complexity index is 808. The number of non-ortho nitro benzene ring substituents is 1. The molecule has 142 valence electrons. The molecule has 0 aromatic heterocycles. The molecule has 1 aliphatic heterocycles. The molecule has 1 unspecified atom stereocenters. The van der Waals surface area contributed by atoms with Crippen molar-refractivity contribution < 1.29 is 9.72 Å². The summed E-state index contributed by atoms with van der Waals surface area (Å²) >= 11 is 0. The van der Waals surface area contributed by atoms with Crippen molar-refractivity contribution in [2.75, 3.05) is 13.1 Å². The number of carbonyl (C=O) groups excluding carboxylic acids is 1. The van der Waals surface area contributed by atoms with E-state index in [4.69, 9.17) is 0 Å². The van der Waals surface area contributed by atoms with Crippen LogP contribution in [0.4, 0.5) is 5.69 Å². The summed E-state index contributed by atoms with van der Waals surface area (Å²) in [7, 11) is 0. The maximum absolute atomic E-state index is 12.6. The second-order valence-electron chi connectivity index (χ2n) is 7.07. The van der Waals surface area contributed by atoms with Gasteiger partial charge in [0.05, 0.1) is 4.92 Å². The zero-order valence-electron chi connectivity index (χ0n) is 15.6. The average Bonchev–Trinajstić information content (AvgIpc) is 2.67. The lowest BCUT2D eigenvalue weighted by atomic mass is 10.0. The van der Waals surface area contributed by atoms with Crippen molar-refractivity contribution in [3.05, 3.63) is 75.3 Å². The summed E-state index contributed by atoms with van der Waals surface area (Å²) in [5.74, 6) is -0.173. The topological polar surface area (TPSA) is 75.5 Å². The molecule has 27 heavy (non-hydrogen) atoms. The molecule has 2 aromatic rings. The van der Waals surface area contributed by atoms with Gasteiger partial charge < -0.3 is 5.32 Å². The Kier molecular flexibility index (Phi) is 6.19. The summed E-state index contributed by atoms with van der Waals surface area (Å²) < 4.78 is 0. The third-order valence-electron chi connectivity index (χ3n) is 5.14. The van der Waals surface area contributed by atoms with E-state index in [1.54, 1.807) is 6.92 Å². The summed E-state index contributed by atoms with van der Waals surface area (Å²) in [6.45, 7) is 4.23. The predicted molar refractivity (Wildman–Crippen MR) is 105 cm³/mol. The molecule has 1 fully saturated rings. The lowest BCUT2D eigenvalue weighted by Gasteiger charge is -2.36. The Hall–Kier alpha value is -2.73. The fraction of sp³-hybridized carbons (Fsp3) is 0.381. The molecule has 0 spiro atoms. The van der Waals surface area contributed by atoms with Crippen molar-refractivity contribution in [3.8, 4) is 0 Å². The van der Waals surface area contributed by atoms with Gasteiger partial charge in [-0.05, 0) is 43.5 Å². The van der Waals surface area contributed by atoms with E-state index in [1.165, 1.54) is 36.6 Å². The molecule has 0 radical (unpaired) electrons. The molecular formula is C21H25N3O3. The minimum atomic E-state index is -0.446. The molecular weight excluding hydrogens is 342 g/mol. The number of likely N-dealkylation sites (tertiary alicyclic amines) is 1. The number of amides is 1. The number of hydrogen-bond acceptors (Lipinski definition) is 4. The van der Waals surface area contributed by atoms with Crippen LogP contribution in [0.3, 0.4) is 0 Å². The minimum Gasteiger partial charge on any atom is -0.350 e. The molecule has 6 heteroatoms. The number of hydrogen-bond donors (Lipinski definition) is 1. The molecule has 1 atom stereocenters. The van der Waals surface area contributed by atoms with Crippen LogP contribution in [-0.4, -0.2) is 34.9 Å². The van der Waals surface area contributed by atoms with Crippen molar-refractivity contribution in [2.45, 2.75) is 38.8 Å². The number of aryl methyl sites for hydroxylation is 1. The van der Waals surface area contributed by atoms with Gasteiger partial charge in [-0.2, -0.15) is 0 Å². The van der Waals surface area contributed by atoms with Crippen molar-refractivity contribution in [1.82, 2.24) is 10.2 Å². The highest BCUT2D eigenvalue weighted by Gasteiger charge is 2.23. The Balaban J connectivity index is 1.62. The predicted octanol–water partition coefficient (Wildman–Crippen LogP) is 3.69. The van der Waals surface area contributed by atoms with Crippen LogP contribution in [0.25, 0.3) is 0 Å². The third kappa shape index (κ3) is 4.92. The van der Waals surface area contributed by atoms with Crippen LogP contribution < -0.4 is 5.32 Å². The SMILES string of the molecule is Cc1cc([N+](=O)[O-])ccc1C(=O)NCC1CCCCN1Cc1ccccc1. The lowest BCUT2D eigenvalue weighted by Crippen LogP contribution is -2.46. The van der Waals surface area contributed by atoms with Gasteiger partial charge in [-0.1, -0.05) is 36.8 Å². The normalized spacial score (nSPS) is 17.4. The molecule has 0 bridgehead atoms. The van der Waals surface area contributed by atoms with E-state index < -0.39 is 4.92 Å². The largest absolute Gasteiger partial charge is 0.350 e. The molecule has 2 aromatic carbocycles. The van der Waals surface area contributed by atoms with Gasteiger partial charge in [0, 0.05) is 36.8 Å². The van der Waals surface area contributed by atoms with Gasteiger partial charge in [-0.15, -0.1) is 0 Å². The van der Waals surface area contributed by atoms with E-state index >= 15 is 0 Å². The van der Waals surface area contributed by atoms with Crippen molar-refractivity contribution >= 4 is 11.6 Å². The van der Waals surface area contributed by atoms with E-state index in [2.05, 4.69) is 22.3 Å². The first-order valence-corrected chi connectivity index (χ1v) is 9.36. The molecule has 6 nitrogen and oxygen atoms in total. The second kappa shape index (κ2) is 8.77. The van der Waals surface area contributed by atoms with E-state index in [0.717, 1.165) is 19.5 Å². The molecule has 0 aliphatic carbocycles. The number of nitrogens with zero attached hydrogens (tertiary/aromatic N) is 2. The van der Waals surface area contributed by atoms with E-state index in [-0.39, 0.29) is 11.6 Å². The van der Waals surface area contributed by atoms with Gasteiger partial charge in [0.25, 0.3) is 11.6 Å². The molecule has 1 saturated heterocycles. The zero-order valence-corrected chi connectivity index (χ0v) is 15.6. The summed E-state index contributed by atoms with van der Waals surface area (Å²) in [6.07, 6.45) is 3.41. The van der Waals surface area contributed by atoms with E-state index in [0.29, 0.717) is 23.7 Å². The van der Waals surface area contributed by atoms with Crippen molar-refractivity contribution in [3.63, 3.8) is 0 Å². The summed E-state index contributed by atoms with van der Waals surface area (Å²) in [5, 5.41) is 13.9. The van der Waals surface area contributed by atoms with Gasteiger partial charge in [0.15, 0.2) is 0 Å². The number of nitrogens with one attached hydrogen (secondary N) is 1. The number of nitro groups is 1. The molecule has 1 aliphatic rings. The first-order chi connectivity index (χ1) is 13.0. The van der Waals surface area contributed by atoms with Gasteiger partial charge >= 0.3 is 0 Å². The Morgan fingerprint density at radius 1 is 1.22 bits per heavy atom. The first-order valence-electron chi connectivity index (χ1n) is 9.36. The Morgan fingerprint density at radius 2 is 2.00 bits per heavy atom. The standard InChI is InChI=1S/C21H25N3O3/c1-16-13-18(24(26)27)10-11-20(16)21(25)22-14-19-9-5-6-12-23(19)15-17-7-3-2-4-8-17/h2-4,7-8,10-11,13,19H,5-6,9,12,14-15H2,1H3,(H,22,25). The van der Waals surface area contributed by atoms with Crippen molar-refractivity contribution in [1.29, 1.82) is 0 Å². The van der Waals surface area contributed by atoms with Crippen LogP contribution in [0.2, 0.25) is 0 Å². The smallest absolute Gasteiger partial charge is 0.269 e. The highest BCUT2D eigenvalue weighted by Crippen LogP contribution is 2.20. The third-order valence-corrected chi connectivity index (χ3v) is 5.14. The Labute approximate surface area is 159 Å². The fourth-order valence-electron chi connectivity index (χ4n) is 3.64. The number of benzene rings is 2. The minimum absolute atomic E-state index is 0.00497. The zero-order chi connectivity index (χ0) is 19.2. The lowest BCUT2D eigenvalue weighted by molar-refractivity contribution is -0.384. The number of rotatable bonds is 6. The van der Waals surface area contributed by atoms with Gasteiger partial charge in [-0.3, -0.25) is 19.8 Å². The molecule has 1 amide bonds. The van der Waals surface area contributed by atoms with E-state index in [9.17, 15) is 14.9 Å². The van der Waals surface area contributed by atoms with Crippen LogP contribution in [-0.2, 0) is 6.54 Å². The van der Waals surface area contributed by atoms with Crippen LogP contribution in [0.5, 0.6) is 0 Å². The van der Waals surface area contributed by atoms with Gasteiger partial charge in [0.2, 0.25) is 0 Å². The van der Waals surface area contributed by atoms with Gasteiger partial charge in [0.1, 0.15) is 0 Å². The van der Waals surface area contributed by atoms with Crippen LogP contribution >= 0.6 is 0 Å². The maximum atomic E-state index is 12.6. The van der Waals surface area contributed by atoms with Gasteiger partial charge in [-0.25, -0.2) is 0 Å². The van der Waals surface area contributed by atoms with E-state index in [1.807, 2.05) is 18.2 Å². The summed E-state index contributed by atoms with van der Waals surface area (Å²) in [4.78, 5) is 25.4. The Morgan fingerprint density at radius 3 is 2.70 bits per heavy atom. The van der Waals surface area contributed by atoms with Crippen LogP contribution in [0.15, 0.2) is 48.5 Å². The monoisotopic (exact) mass is 367 g/mol. The number of nitro benzene ring substituents is 1. The maximum Gasteiger partial charge on any atom is 0.269 e. The number of carbonyl (C=O) groups is 1. The van der Waals surface area contributed by atoms with Crippen molar-refractivity contribution in [2.24, 2.45) is 0 Å². The van der Waals surface area contributed by atoms with Crippen LogP contribution in [0, 0.1) is 17.0 Å². The molecule has 1 heterocycles. The quantitative estimate of drug-likeness (QED) is 0.624. The highest BCUT2D eigenvalue weighted by molar-refractivity contribution is 5.95. The molecule has 3 rings (SSSR count). The van der Waals surface area contributed by atoms with Crippen LogP contribution in [0.1, 0.15) is 40.7 Å². The number of piperidine rings is 1. The highest BCUT2D eigenvalue weighted by atomic mass is 16.6. The second-order valence-corrected chi connectivity index (χ2v) is 7.07. The summed E-state index contributed by atoms with van der Waals surface area (Å²) in [5.41, 5.74) is 2.39. The first kappa shape index (κ1) is 19.0. The fourth-order valence-corrected chi connectivity index (χ4v) is 3.64. The molecule has 1 N–H and O–H groups in total.